The van der Waals surface area contributed by atoms with Gasteiger partial charge in [-0.15, -0.1) is 0 Å². The summed E-state index contributed by atoms with van der Waals surface area (Å²) in [6.07, 6.45) is 7.58. The van der Waals surface area contributed by atoms with E-state index in [1.54, 1.807) is 12.4 Å². The summed E-state index contributed by atoms with van der Waals surface area (Å²) in [6, 6.07) is 1.90. The summed E-state index contributed by atoms with van der Waals surface area (Å²) in [5, 5.41) is 3.25. The Hall–Kier alpha value is -1.10. The molecule has 1 aromatic rings. The molecule has 1 fully saturated rings. The van der Waals surface area contributed by atoms with E-state index in [0.29, 0.717) is 13.0 Å². The van der Waals surface area contributed by atoms with Crippen LogP contribution < -0.4 is 5.32 Å². The maximum atomic E-state index is 11.9. The van der Waals surface area contributed by atoms with Crippen LogP contribution in [-0.4, -0.2) is 35.4 Å². The molecule has 1 aliphatic rings. The summed E-state index contributed by atoms with van der Waals surface area (Å²) < 4.78 is 0.926. The summed E-state index contributed by atoms with van der Waals surface area (Å²) in [4.78, 5) is 17.9. The van der Waals surface area contributed by atoms with E-state index in [9.17, 15) is 4.79 Å². The standard InChI is InChI=1S/C13H18BrN3O/c14-11-10-15-6-4-12(11)16-7-5-13(18)17-8-2-1-3-9-17/h4,6,10H,1-3,5,7-9H2,(H,15,16). The Morgan fingerprint density at radius 2 is 2.17 bits per heavy atom. The lowest BCUT2D eigenvalue weighted by Gasteiger charge is -2.26. The fourth-order valence-electron chi connectivity index (χ4n) is 2.12. The molecule has 4 nitrogen and oxygen atoms in total. The molecule has 1 saturated heterocycles. The van der Waals surface area contributed by atoms with Crippen LogP contribution in [0.5, 0.6) is 0 Å². The van der Waals surface area contributed by atoms with Gasteiger partial charge in [0, 0.05) is 38.4 Å². The van der Waals surface area contributed by atoms with Crippen molar-refractivity contribution in [3.8, 4) is 0 Å². The van der Waals surface area contributed by atoms with Crippen LogP contribution in [0.2, 0.25) is 0 Å². The Bertz CT molecular complexity index is 405. The first-order chi connectivity index (χ1) is 8.77. The molecule has 1 amide bonds. The Labute approximate surface area is 116 Å². The first-order valence-electron chi connectivity index (χ1n) is 6.38. The fraction of sp³-hybridized carbons (Fsp3) is 0.538. The van der Waals surface area contributed by atoms with E-state index < -0.39 is 0 Å². The predicted molar refractivity (Wildman–Crippen MR) is 75.5 cm³/mol. The molecule has 0 aromatic carbocycles. The van der Waals surface area contributed by atoms with Crippen LogP contribution in [0.15, 0.2) is 22.9 Å². The van der Waals surface area contributed by atoms with E-state index in [-0.39, 0.29) is 5.91 Å². The third kappa shape index (κ3) is 3.70. The summed E-state index contributed by atoms with van der Waals surface area (Å²) in [5.74, 6) is 0.257. The number of hydrogen-bond donors (Lipinski definition) is 1. The Morgan fingerprint density at radius 3 is 2.89 bits per heavy atom. The first-order valence-corrected chi connectivity index (χ1v) is 7.18. The molecule has 1 aromatic heterocycles. The number of aromatic nitrogens is 1. The van der Waals surface area contributed by atoms with E-state index in [4.69, 9.17) is 0 Å². The zero-order valence-electron chi connectivity index (χ0n) is 10.4. The Kier molecular flexibility index (Phi) is 4.99. The van der Waals surface area contributed by atoms with Crippen molar-refractivity contribution >= 4 is 27.5 Å². The van der Waals surface area contributed by atoms with Crippen molar-refractivity contribution in [3.05, 3.63) is 22.9 Å². The smallest absolute Gasteiger partial charge is 0.224 e. The van der Waals surface area contributed by atoms with Crippen LogP contribution >= 0.6 is 15.9 Å². The molecule has 98 valence electrons. The minimum absolute atomic E-state index is 0.257. The highest BCUT2D eigenvalue weighted by molar-refractivity contribution is 9.10. The van der Waals surface area contributed by atoms with Gasteiger partial charge in [-0.25, -0.2) is 0 Å². The van der Waals surface area contributed by atoms with Gasteiger partial charge in [-0.1, -0.05) is 0 Å². The van der Waals surface area contributed by atoms with Crippen LogP contribution in [0.3, 0.4) is 0 Å². The number of amides is 1. The summed E-state index contributed by atoms with van der Waals surface area (Å²) in [5.41, 5.74) is 0.983. The van der Waals surface area contributed by atoms with Gasteiger partial charge < -0.3 is 10.2 Å². The Morgan fingerprint density at radius 1 is 1.39 bits per heavy atom. The largest absolute Gasteiger partial charge is 0.384 e. The van der Waals surface area contributed by atoms with Crippen molar-refractivity contribution in [3.63, 3.8) is 0 Å². The number of piperidine rings is 1. The molecule has 5 heteroatoms. The number of halogens is 1. The van der Waals surface area contributed by atoms with Crippen LogP contribution in [0.4, 0.5) is 5.69 Å². The molecule has 0 spiro atoms. The third-order valence-electron chi connectivity index (χ3n) is 3.14. The predicted octanol–water partition coefficient (Wildman–Crippen LogP) is 2.66. The van der Waals surface area contributed by atoms with Gasteiger partial charge in [-0.2, -0.15) is 0 Å². The van der Waals surface area contributed by atoms with Gasteiger partial charge in [0.2, 0.25) is 5.91 Å². The number of nitrogens with one attached hydrogen (secondary N) is 1. The van der Waals surface area contributed by atoms with E-state index in [1.807, 2.05) is 11.0 Å². The monoisotopic (exact) mass is 311 g/mol. The molecule has 1 N–H and O–H groups in total. The van der Waals surface area contributed by atoms with Gasteiger partial charge >= 0.3 is 0 Å². The second-order valence-corrected chi connectivity index (χ2v) is 5.33. The molecular formula is C13H18BrN3O. The van der Waals surface area contributed by atoms with Gasteiger partial charge in [-0.3, -0.25) is 9.78 Å². The van der Waals surface area contributed by atoms with Crippen LogP contribution in [-0.2, 0) is 4.79 Å². The first kappa shape index (κ1) is 13.3. The second kappa shape index (κ2) is 6.73. The highest BCUT2D eigenvalue weighted by Gasteiger charge is 2.15. The summed E-state index contributed by atoms with van der Waals surface area (Å²) in [7, 11) is 0. The van der Waals surface area contributed by atoms with Gasteiger partial charge in [0.1, 0.15) is 0 Å². The van der Waals surface area contributed by atoms with Crippen LogP contribution in [0.25, 0.3) is 0 Å². The van der Waals surface area contributed by atoms with Crippen LogP contribution in [0.1, 0.15) is 25.7 Å². The van der Waals surface area contributed by atoms with Crippen LogP contribution in [0, 0.1) is 0 Å². The Balaban J connectivity index is 1.75. The van der Waals surface area contributed by atoms with Crippen molar-refractivity contribution in [2.75, 3.05) is 25.0 Å². The number of nitrogens with zero attached hydrogens (tertiary/aromatic N) is 2. The minimum Gasteiger partial charge on any atom is -0.384 e. The molecule has 0 bridgehead atoms. The van der Waals surface area contributed by atoms with Gasteiger partial charge in [0.15, 0.2) is 0 Å². The third-order valence-corrected chi connectivity index (χ3v) is 3.77. The van der Waals surface area contributed by atoms with E-state index in [1.165, 1.54) is 6.42 Å². The summed E-state index contributed by atoms with van der Waals surface area (Å²) in [6.45, 7) is 2.52. The van der Waals surface area contributed by atoms with Gasteiger partial charge in [0.25, 0.3) is 0 Å². The molecule has 0 atom stereocenters. The van der Waals surface area contributed by atoms with E-state index in [2.05, 4.69) is 26.2 Å². The number of carbonyl (C=O) groups is 1. The highest BCUT2D eigenvalue weighted by atomic mass is 79.9. The maximum absolute atomic E-state index is 11.9. The molecule has 0 aliphatic carbocycles. The molecule has 0 saturated carbocycles. The van der Waals surface area contributed by atoms with E-state index in [0.717, 1.165) is 36.1 Å². The lowest BCUT2D eigenvalue weighted by atomic mass is 10.1. The molecular weight excluding hydrogens is 294 g/mol. The fourth-order valence-corrected chi connectivity index (χ4v) is 2.51. The number of hydrogen-bond acceptors (Lipinski definition) is 3. The lowest BCUT2D eigenvalue weighted by molar-refractivity contribution is -0.131. The van der Waals surface area contributed by atoms with Crippen molar-refractivity contribution in [2.45, 2.75) is 25.7 Å². The average Bonchev–Trinajstić information content (AvgIpc) is 2.42. The molecule has 18 heavy (non-hydrogen) atoms. The number of anilines is 1. The normalized spacial score (nSPS) is 15.5. The number of carbonyl (C=O) groups excluding carboxylic acids is 1. The zero-order chi connectivity index (χ0) is 12.8. The second-order valence-electron chi connectivity index (χ2n) is 4.47. The average molecular weight is 312 g/mol. The quantitative estimate of drug-likeness (QED) is 0.930. The molecule has 2 rings (SSSR count). The SMILES string of the molecule is O=C(CCNc1ccncc1Br)N1CCCCC1. The van der Waals surface area contributed by atoms with Crippen molar-refractivity contribution in [2.24, 2.45) is 0 Å². The van der Waals surface area contributed by atoms with Crippen molar-refractivity contribution in [1.82, 2.24) is 9.88 Å². The number of rotatable bonds is 4. The highest BCUT2D eigenvalue weighted by Crippen LogP contribution is 2.19. The molecule has 2 heterocycles. The number of likely N-dealkylation sites (tertiary alicyclic amines) is 1. The lowest BCUT2D eigenvalue weighted by Crippen LogP contribution is -2.36. The summed E-state index contributed by atoms with van der Waals surface area (Å²) >= 11 is 3.42. The maximum Gasteiger partial charge on any atom is 0.224 e. The molecule has 1 aliphatic heterocycles. The minimum atomic E-state index is 0.257. The van der Waals surface area contributed by atoms with Crippen molar-refractivity contribution in [1.29, 1.82) is 0 Å². The molecule has 0 radical (unpaired) electrons. The van der Waals surface area contributed by atoms with Gasteiger partial charge in [-0.05, 0) is 41.3 Å². The van der Waals surface area contributed by atoms with E-state index >= 15 is 0 Å². The van der Waals surface area contributed by atoms with Gasteiger partial charge in [0.05, 0.1) is 10.2 Å². The molecule has 0 unspecified atom stereocenters. The topological polar surface area (TPSA) is 45.2 Å². The zero-order valence-corrected chi connectivity index (χ0v) is 11.9. The number of pyridine rings is 1. The van der Waals surface area contributed by atoms with Crippen molar-refractivity contribution < 1.29 is 4.79 Å².